The average Bonchev–Trinajstić information content (AvgIpc) is 2.29. The molecule has 15 heavy (non-hydrogen) atoms. The van der Waals surface area contributed by atoms with Crippen molar-refractivity contribution in [1.29, 1.82) is 0 Å². The third kappa shape index (κ3) is 4.34. The fourth-order valence-corrected chi connectivity index (χ4v) is 2.14. The van der Waals surface area contributed by atoms with Crippen molar-refractivity contribution in [3.05, 3.63) is 30.1 Å². The fourth-order valence-electron chi connectivity index (χ4n) is 1.10. The first kappa shape index (κ1) is 12.0. The summed E-state index contributed by atoms with van der Waals surface area (Å²) >= 11 is 1.73. The van der Waals surface area contributed by atoms with Gasteiger partial charge in [0.1, 0.15) is 0 Å². The van der Waals surface area contributed by atoms with Crippen LogP contribution in [0.4, 0.5) is 0 Å². The first-order valence-corrected chi connectivity index (χ1v) is 5.94. The minimum Gasteiger partial charge on any atom is -0.469 e. The molecular weight excluding hydrogens is 210 g/mol. The Labute approximate surface area is 94.2 Å². The molecule has 0 aliphatic rings. The lowest BCUT2D eigenvalue weighted by atomic mass is 10.2. The molecule has 0 fully saturated rings. The van der Waals surface area contributed by atoms with Gasteiger partial charge in [-0.2, -0.15) is 11.8 Å². The van der Waals surface area contributed by atoms with Crippen molar-refractivity contribution < 1.29 is 9.53 Å². The van der Waals surface area contributed by atoms with Gasteiger partial charge < -0.3 is 4.74 Å². The summed E-state index contributed by atoms with van der Waals surface area (Å²) in [5.41, 5.74) is 1.23. The normalized spacial score (nSPS) is 12.1. The van der Waals surface area contributed by atoms with Gasteiger partial charge in [-0.15, -0.1) is 0 Å². The number of carbonyl (C=O) groups is 1. The number of rotatable bonds is 5. The van der Waals surface area contributed by atoms with Gasteiger partial charge in [0.2, 0.25) is 0 Å². The van der Waals surface area contributed by atoms with Gasteiger partial charge in [-0.05, 0) is 17.7 Å². The number of pyridine rings is 1. The maximum Gasteiger partial charge on any atom is 0.309 e. The third-order valence-electron chi connectivity index (χ3n) is 1.99. The largest absolute Gasteiger partial charge is 0.469 e. The molecule has 0 saturated carbocycles. The fraction of sp³-hybridized carbons (Fsp3) is 0.455. The highest BCUT2D eigenvalue weighted by Crippen LogP contribution is 2.15. The molecule has 0 aliphatic carbocycles. The molecule has 0 saturated heterocycles. The van der Waals surface area contributed by atoms with E-state index >= 15 is 0 Å². The molecule has 1 heterocycles. The number of thioether (sulfide) groups is 1. The zero-order valence-corrected chi connectivity index (χ0v) is 9.79. The van der Waals surface area contributed by atoms with E-state index in [4.69, 9.17) is 0 Å². The molecule has 0 radical (unpaired) electrons. The number of hydrogen-bond donors (Lipinski definition) is 0. The zero-order valence-electron chi connectivity index (χ0n) is 8.97. The van der Waals surface area contributed by atoms with Crippen molar-refractivity contribution in [2.24, 2.45) is 5.92 Å². The molecular formula is C11H15NO2S. The summed E-state index contributed by atoms with van der Waals surface area (Å²) in [6, 6.07) is 3.96. The van der Waals surface area contributed by atoms with Crippen LogP contribution in [0.3, 0.4) is 0 Å². The van der Waals surface area contributed by atoms with Crippen molar-refractivity contribution in [3.63, 3.8) is 0 Å². The molecule has 0 bridgehead atoms. The molecule has 1 atom stereocenters. The number of ether oxygens (including phenoxy) is 1. The lowest BCUT2D eigenvalue weighted by Crippen LogP contribution is -2.14. The van der Waals surface area contributed by atoms with Gasteiger partial charge in [-0.25, -0.2) is 0 Å². The second-order valence-corrected chi connectivity index (χ2v) is 4.33. The van der Waals surface area contributed by atoms with E-state index in [2.05, 4.69) is 9.72 Å². The quantitative estimate of drug-likeness (QED) is 0.720. The van der Waals surface area contributed by atoms with Crippen LogP contribution in [0, 0.1) is 5.92 Å². The molecule has 1 unspecified atom stereocenters. The maximum absolute atomic E-state index is 11.1. The van der Waals surface area contributed by atoms with Gasteiger partial charge in [-0.3, -0.25) is 9.78 Å². The predicted octanol–water partition coefficient (Wildman–Crippen LogP) is 2.12. The summed E-state index contributed by atoms with van der Waals surface area (Å²) in [5.74, 6) is 1.51. The topological polar surface area (TPSA) is 39.2 Å². The van der Waals surface area contributed by atoms with E-state index in [1.807, 2.05) is 19.1 Å². The van der Waals surface area contributed by atoms with Crippen molar-refractivity contribution in [1.82, 2.24) is 4.98 Å². The first-order valence-electron chi connectivity index (χ1n) is 4.78. The summed E-state index contributed by atoms with van der Waals surface area (Å²) in [6.07, 6.45) is 3.55. The van der Waals surface area contributed by atoms with Gasteiger partial charge in [0.15, 0.2) is 0 Å². The van der Waals surface area contributed by atoms with Crippen molar-refractivity contribution in [2.45, 2.75) is 12.7 Å². The Morgan fingerprint density at radius 2 is 2.20 bits per heavy atom. The third-order valence-corrected chi connectivity index (χ3v) is 3.26. The Hall–Kier alpha value is -1.03. The number of nitrogens with zero attached hydrogens (tertiary/aromatic N) is 1. The summed E-state index contributed by atoms with van der Waals surface area (Å²) < 4.78 is 4.65. The van der Waals surface area contributed by atoms with Crippen LogP contribution >= 0.6 is 11.8 Å². The molecule has 1 aromatic rings. The van der Waals surface area contributed by atoms with E-state index in [-0.39, 0.29) is 11.9 Å². The molecule has 3 nitrogen and oxygen atoms in total. The van der Waals surface area contributed by atoms with Gasteiger partial charge in [0.25, 0.3) is 0 Å². The van der Waals surface area contributed by atoms with E-state index in [0.717, 1.165) is 11.5 Å². The summed E-state index contributed by atoms with van der Waals surface area (Å²) in [6.45, 7) is 1.88. The van der Waals surface area contributed by atoms with Gasteiger partial charge >= 0.3 is 5.97 Å². The molecule has 0 aliphatic heterocycles. The monoisotopic (exact) mass is 225 g/mol. The van der Waals surface area contributed by atoms with Crippen LogP contribution in [0.1, 0.15) is 12.5 Å². The van der Waals surface area contributed by atoms with Crippen LogP contribution in [0.5, 0.6) is 0 Å². The lowest BCUT2D eigenvalue weighted by Gasteiger charge is -2.08. The van der Waals surface area contributed by atoms with Crippen molar-refractivity contribution in [2.75, 3.05) is 12.9 Å². The van der Waals surface area contributed by atoms with Crippen LogP contribution in [0.25, 0.3) is 0 Å². The standard InChI is InChI=1S/C11H15NO2S/c1-9(11(13)14-2)7-15-8-10-3-5-12-6-4-10/h3-6,9H,7-8H2,1-2H3. The zero-order chi connectivity index (χ0) is 11.1. The van der Waals surface area contributed by atoms with Gasteiger partial charge in [0, 0.05) is 23.9 Å². The van der Waals surface area contributed by atoms with E-state index in [1.165, 1.54) is 12.7 Å². The number of aromatic nitrogens is 1. The summed E-state index contributed by atoms with van der Waals surface area (Å²) in [7, 11) is 1.42. The van der Waals surface area contributed by atoms with Crippen LogP contribution in [0.2, 0.25) is 0 Å². The molecule has 0 N–H and O–H groups in total. The number of hydrogen-bond acceptors (Lipinski definition) is 4. The van der Waals surface area contributed by atoms with Gasteiger partial charge in [-0.1, -0.05) is 6.92 Å². The van der Waals surface area contributed by atoms with Gasteiger partial charge in [0.05, 0.1) is 13.0 Å². The predicted molar refractivity (Wildman–Crippen MR) is 61.6 cm³/mol. The molecule has 1 rings (SSSR count). The second-order valence-electron chi connectivity index (χ2n) is 3.29. The smallest absolute Gasteiger partial charge is 0.309 e. The Bertz CT molecular complexity index is 303. The summed E-state index contributed by atoms with van der Waals surface area (Å²) in [4.78, 5) is 15.1. The first-order chi connectivity index (χ1) is 7.24. The molecule has 4 heteroatoms. The molecule has 1 aromatic heterocycles. The van der Waals surface area contributed by atoms with Crippen LogP contribution in [0.15, 0.2) is 24.5 Å². The highest BCUT2D eigenvalue weighted by atomic mass is 32.2. The molecule has 0 aromatic carbocycles. The van der Waals surface area contributed by atoms with Crippen LogP contribution in [-0.4, -0.2) is 23.8 Å². The number of esters is 1. The summed E-state index contributed by atoms with van der Waals surface area (Å²) in [5, 5.41) is 0. The Morgan fingerprint density at radius 1 is 1.53 bits per heavy atom. The second kappa shape index (κ2) is 6.45. The molecule has 82 valence electrons. The average molecular weight is 225 g/mol. The molecule has 0 amide bonds. The highest BCUT2D eigenvalue weighted by molar-refractivity contribution is 7.98. The minimum atomic E-state index is -0.141. The Morgan fingerprint density at radius 3 is 2.80 bits per heavy atom. The van der Waals surface area contributed by atoms with Crippen molar-refractivity contribution >= 4 is 17.7 Å². The van der Waals surface area contributed by atoms with E-state index in [0.29, 0.717) is 0 Å². The van der Waals surface area contributed by atoms with Crippen LogP contribution < -0.4 is 0 Å². The SMILES string of the molecule is COC(=O)C(C)CSCc1ccncc1. The molecule has 0 spiro atoms. The minimum absolute atomic E-state index is 0.0400. The van der Waals surface area contributed by atoms with Crippen LogP contribution in [-0.2, 0) is 15.3 Å². The Balaban J connectivity index is 2.25. The van der Waals surface area contributed by atoms with Crippen molar-refractivity contribution in [3.8, 4) is 0 Å². The van der Waals surface area contributed by atoms with E-state index in [1.54, 1.807) is 24.2 Å². The number of methoxy groups -OCH3 is 1. The Kier molecular flexibility index (Phi) is 5.18. The van der Waals surface area contributed by atoms with E-state index < -0.39 is 0 Å². The maximum atomic E-state index is 11.1. The number of carbonyl (C=O) groups excluding carboxylic acids is 1. The lowest BCUT2D eigenvalue weighted by molar-refractivity contribution is -0.143. The van der Waals surface area contributed by atoms with E-state index in [9.17, 15) is 4.79 Å². The highest BCUT2D eigenvalue weighted by Gasteiger charge is 2.12.